The van der Waals surface area contributed by atoms with Gasteiger partial charge in [-0.3, -0.25) is 4.99 Å². The molecule has 0 unspecified atom stereocenters. The molecular weight excluding hydrogens is 459 g/mol. The van der Waals surface area contributed by atoms with Crippen LogP contribution in [0.4, 0.5) is 0 Å². The average molecular weight is 482 g/mol. The van der Waals surface area contributed by atoms with E-state index in [2.05, 4.69) is 37.7 Å². The highest BCUT2D eigenvalue weighted by Gasteiger charge is 2.09. The molecule has 5 nitrogen and oxygen atoms in total. The number of oxazole rings is 1. The molecule has 1 N–H and O–H groups in total. The van der Waals surface area contributed by atoms with Crippen molar-refractivity contribution in [1.82, 2.24) is 15.2 Å². The van der Waals surface area contributed by atoms with Gasteiger partial charge in [0.15, 0.2) is 11.7 Å². The molecule has 3 aromatic rings. The predicted molar refractivity (Wildman–Crippen MR) is 118 cm³/mol. The van der Waals surface area contributed by atoms with E-state index in [1.165, 1.54) is 4.88 Å². The molecule has 0 aliphatic heterocycles. The molecule has 0 radical (unpaired) electrons. The van der Waals surface area contributed by atoms with E-state index < -0.39 is 0 Å². The zero-order valence-electron chi connectivity index (χ0n) is 14.9. The third-order valence-corrected chi connectivity index (χ3v) is 4.79. The first-order valence-electron chi connectivity index (χ1n) is 8.20. The van der Waals surface area contributed by atoms with Gasteiger partial charge in [0.25, 0.3) is 0 Å². The largest absolute Gasteiger partial charge is 0.439 e. The third-order valence-electron chi connectivity index (χ3n) is 3.86. The highest BCUT2D eigenvalue weighted by Crippen LogP contribution is 2.19. The van der Waals surface area contributed by atoms with Crippen molar-refractivity contribution in [3.63, 3.8) is 0 Å². The lowest BCUT2D eigenvalue weighted by Gasteiger charge is -2.21. The summed E-state index contributed by atoms with van der Waals surface area (Å²) in [5.41, 5.74) is 1.03. The Morgan fingerprint density at radius 2 is 2.04 bits per heavy atom. The number of hydrogen-bond donors (Lipinski definition) is 1. The Kier molecular flexibility index (Phi) is 8.11. The quantitative estimate of drug-likeness (QED) is 0.324. The van der Waals surface area contributed by atoms with E-state index in [9.17, 15) is 0 Å². The molecule has 0 bridgehead atoms. The zero-order chi connectivity index (χ0) is 17.5. The summed E-state index contributed by atoms with van der Waals surface area (Å²) >= 11 is 1.78. The van der Waals surface area contributed by atoms with Crippen molar-refractivity contribution in [2.24, 2.45) is 4.99 Å². The number of aromatic nitrogens is 1. The fourth-order valence-corrected chi connectivity index (χ4v) is 3.20. The SMILES string of the molecule is CN=C(NCc1ncc(-c2ccccc2)o1)N(C)CCc1cccs1.I. The number of likely N-dealkylation sites (N-methyl/N-ethyl adjacent to an activating group) is 1. The van der Waals surface area contributed by atoms with Crippen LogP contribution in [0.1, 0.15) is 10.8 Å². The number of benzene rings is 1. The van der Waals surface area contributed by atoms with Crippen molar-refractivity contribution in [2.75, 3.05) is 20.6 Å². The second-order valence-corrected chi connectivity index (χ2v) is 6.67. The lowest BCUT2D eigenvalue weighted by Crippen LogP contribution is -2.39. The summed E-state index contributed by atoms with van der Waals surface area (Å²) in [5.74, 6) is 2.25. The molecule has 2 heterocycles. The lowest BCUT2D eigenvalue weighted by molar-refractivity contribution is 0.463. The molecule has 2 aromatic heterocycles. The summed E-state index contributed by atoms with van der Waals surface area (Å²) in [7, 11) is 3.82. The van der Waals surface area contributed by atoms with Gasteiger partial charge in [0.05, 0.1) is 12.7 Å². The van der Waals surface area contributed by atoms with Crippen molar-refractivity contribution in [3.8, 4) is 11.3 Å². The Balaban J connectivity index is 0.00000243. The van der Waals surface area contributed by atoms with Gasteiger partial charge in [0, 0.05) is 31.1 Å². The number of nitrogens with one attached hydrogen (secondary N) is 1. The minimum absolute atomic E-state index is 0. The highest BCUT2D eigenvalue weighted by molar-refractivity contribution is 14.0. The number of guanidine groups is 1. The maximum absolute atomic E-state index is 5.82. The Morgan fingerprint density at radius 3 is 2.73 bits per heavy atom. The van der Waals surface area contributed by atoms with Crippen molar-refractivity contribution in [3.05, 3.63) is 64.8 Å². The van der Waals surface area contributed by atoms with Gasteiger partial charge >= 0.3 is 0 Å². The summed E-state index contributed by atoms with van der Waals surface area (Å²) < 4.78 is 5.82. The summed E-state index contributed by atoms with van der Waals surface area (Å²) in [6, 6.07) is 14.2. The summed E-state index contributed by atoms with van der Waals surface area (Å²) in [6.45, 7) is 1.41. The van der Waals surface area contributed by atoms with Crippen LogP contribution in [0.25, 0.3) is 11.3 Å². The Bertz CT molecular complexity index is 802. The normalized spacial score (nSPS) is 11.1. The number of halogens is 1. The molecular formula is C19H23IN4OS. The topological polar surface area (TPSA) is 53.7 Å². The van der Waals surface area contributed by atoms with Gasteiger partial charge in [-0.1, -0.05) is 36.4 Å². The number of thiophene rings is 1. The summed E-state index contributed by atoms with van der Waals surface area (Å²) in [4.78, 5) is 12.2. The first-order valence-corrected chi connectivity index (χ1v) is 9.08. The van der Waals surface area contributed by atoms with E-state index in [4.69, 9.17) is 4.42 Å². The standard InChI is InChI=1S/C19H22N4OS.HI/c1-20-19(23(2)11-10-16-9-6-12-25-16)22-14-18-21-13-17(24-18)15-7-4-3-5-8-15;/h3-9,12-13H,10-11,14H2,1-2H3,(H,20,22);1H. The van der Waals surface area contributed by atoms with Gasteiger partial charge in [-0.2, -0.15) is 0 Å². The Labute approximate surface area is 175 Å². The van der Waals surface area contributed by atoms with Crippen LogP contribution in [-0.2, 0) is 13.0 Å². The van der Waals surface area contributed by atoms with Gasteiger partial charge in [-0.05, 0) is 17.9 Å². The van der Waals surface area contributed by atoms with E-state index in [1.807, 2.05) is 37.4 Å². The molecule has 0 spiro atoms. The van der Waals surface area contributed by atoms with Crippen molar-refractivity contribution < 1.29 is 4.42 Å². The average Bonchev–Trinajstić information content (AvgIpc) is 3.33. The van der Waals surface area contributed by atoms with E-state index in [0.717, 1.165) is 30.2 Å². The van der Waals surface area contributed by atoms with E-state index >= 15 is 0 Å². The maximum Gasteiger partial charge on any atom is 0.214 e. The van der Waals surface area contributed by atoms with Crippen LogP contribution in [0.5, 0.6) is 0 Å². The predicted octanol–water partition coefficient (Wildman–Crippen LogP) is 4.27. The fourth-order valence-electron chi connectivity index (χ4n) is 2.51. The number of hydrogen-bond acceptors (Lipinski definition) is 4. The van der Waals surface area contributed by atoms with Gasteiger partial charge < -0.3 is 14.6 Å². The molecule has 1 aromatic carbocycles. The molecule has 0 aliphatic carbocycles. The molecule has 0 saturated heterocycles. The Morgan fingerprint density at radius 1 is 1.23 bits per heavy atom. The number of aliphatic imine (C=N–C) groups is 1. The van der Waals surface area contributed by atoms with Gasteiger partial charge in [-0.25, -0.2) is 4.98 Å². The summed E-state index contributed by atoms with van der Waals surface area (Å²) in [6.07, 6.45) is 2.77. The number of nitrogens with zero attached hydrogens (tertiary/aromatic N) is 3. The van der Waals surface area contributed by atoms with Crippen LogP contribution < -0.4 is 5.32 Å². The van der Waals surface area contributed by atoms with Gasteiger partial charge in [0.2, 0.25) is 5.89 Å². The molecule has 26 heavy (non-hydrogen) atoms. The summed E-state index contributed by atoms with van der Waals surface area (Å²) in [5, 5.41) is 5.41. The van der Waals surface area contributed by atoms with Crippen LogP contribution in [-0.4, -0.2) is 36.5 Å². The lowest BCUT2D eigenvalue weighted by atomic mass is 10.2. The smallest absolute Gasteiger partial charge is 0.214 e. The molecule has 7 heteroatoms. The third kappa shape index (κ3) is 5.57. The minimum Gasteiger partial charge on any atom is -0.439 e. The molecule has 138 valence electrons. The maximum atomic E-state index is 5.82. The van der Waals surface area contributed by atoms with E-state index in [-0.39, 0.29) is 24.0 Å². The number of rotatable bonds is 6. The highest BCUT2D eigenvalue weighted by atomic mass is 127. The minimum atomic E-state index is 0. The molecule has 3 rings (SSSR count). The van der Waals surface area contributed by atoms with Crippen LogP contribution >= 0.6 is 35.3 Å². The first-order chi connectivity index (χ1) is 12.3. The molecule has 0 saturated carbocycles. The van der Waals surface area contributed by atoms with Crippen molar-refractivity contribution in [2.45, 2.75) is 13.0 Å². The second kappa shape index (κ2) is 10.3. The van der Waals surface area contributed by atoms with Crippen molar-refractivity contribution in [1.29, 1.82) is 0 Å². The van der Waals surface area contributed by atoms with Gasteiger partial charge in [0.1, 0.15) is 0 Å². The zero-order valence-corrected chi connectivity index (χ0v) is 18.0. The molecule has 0 fully saturated rings. The van der Waals surface area contributed by atoms with E-state index in [0.29, 0.717) is 12.4 Å². The monoisotopic (exact) mass is 482 g/mol. The molecule has 0 amide bonds. The van der Waals surface area contributed by atoms with Crippen LogP contribution in [0, 0.1) is 0 Å². The van der Waals surface area contributed by atoms with E-state index in [1.54, 1.807) is 24.6 Å². The van der Waals surface area contributed by atoms with Crippen LogP contribution in [0.15, 0.2) is 63.5 Å². The first kappa shape index (κ1) is 20.4. The molecule has 0 atom stereocenters. The van der Waals surface area contributed by atoms with Gasteiger partial charge in [-0.15, -0.1) is 35.3 Å². The van der Waals surface area contributed by atoms with Crippen molar-refractivity contribution >= 4 is 41.3 Å². The Hall–Kier alpha value is -1.87. The fraction of sp³-hybridized carbons (Fsp3) is 0.263. The van der Waals surface area contributed by atoms with Crippen LogP contribution in [0.2, 0.25) is 0 Å². The van der Waals surface area contributed by atoms with Crippen LogP contribution in [0.3, 0.4) is 0 Å². The molecule has 0 aliphatic rings. The second-order valence-electron chi connectivity index (χ2n) is 5.64.